The van der Waals surface area contributed by atoms with Gasteiger partial charge in [0, 0.05) is 12.1 Å². The third-order valence-corrected chi connectivity index (χ3v) is 5.03. The molecule has 0 N–H and O–H groups in total. The molecule has 0 fully saturated rings. The van der Waals surface area contributed by atoms with Crippen LogP contribution in [0, 0.1) is 10.1 Å². The van der Waals surface area contributed by atoms with Crippen molar-refractivity contribution in [2.75, 3.05) is 0 Å². The maximum Gasteiger partial charge on any atom is 0.269 e. The van der Waals surface area contributed by atoms with Crippen molar-refractivity contribution < 1.29 is 13.3 Å². The average molecular weight is 287 g/mol. The minimum atomic E-state index is -3.54. The summed E-state index contributed by atoms with van der Waals surface area (Å²) in [6.07, 6.45) is 1.59. The highest BCUT2D eigenvalue weighted by Crippen LogP contribution is 2.38. The van der Waals surface area contributed by atoms with Crippen molar-refractivity contribution >= 4 is 26.5 Å². The first-order valence-corrected chi connectivity index (χ1v) is 7.29. The molecule has 0 bridgehead atoms. The Kier molecular flexibility index (Phi) is 2.69. The van der Waals surface area contributed by atoms with Gasteiger partial charge in [0.2, 0.25) is 9.84 Å². The maximum absolute atomic E-state index is 12.4. The molecule has 3 rings (SSSR count). The first kappa shape index (κ1) is 12.6. The highest BCUT2D eigenvalue weighted by molar-refractivity contribution is 8.01. The lowest BCUT2D eigenvalue weighted by molar-refractivity contribution is -0.384. The zero-order valence-electron chi connectivity index (χ0n) is 10.2. The summed E-state index contributed by atoms with van der Waals surface area (Å²) in [5.74, 6) is 0. The second kappa shape index (κ2) is 4.28. The highest BCUT2D eigenvalue weighted by Gasteiger charge is 2.30. The molecule has 0 radical (unpaired) electrons. The summed E-state index contributed by atoms with van der Waals surface area (Å²) in [5, 5.41) is 10.6. The number of hydrogen-bond acceptors (Lipinski definition) is 4. The van der Waals surface area contributed by atoms with Gasteiger partial charge in [-0.25, -0.2) is 8.42 Å². The third kappa shape index (κ3) is 1.81. The number of nitro groups is 1. The number of hydrogen-bond donors (Lipinski definition) is 0. The number of rotatable bonds is 2. The van der Waals surface area contributed by atoms with E-state index in [1.54, 1.807) is 30.3 Å². The fraction of sp³-hybridized carbons (Fsp3) is 0. The molecule has 0 amide bonds. The van der Waals surface area contributed by atoms with Crippen molar-refractivity contribution in [3.63, 3.8) is 0 Å². The number of non-ortho nitro benzene ring substituents is 1. The Morgan fingerprint density at radius 3 is 2.20 bits per heavy atom. The molecule has 0 saturated carbocycles. The van der Waals surface area contributed by atoms with Gasteiger partial charge in [0.15, 0.2) is 0 Å². The molecule has 20 heavy (non-hydrogen) atoms. The van der Waals surface area contributed by atoms with Gasteiger partial charge in [0.25, 0.3) is 5.69 Å². The van der Waals surface area contributed by atoms with E-state index in [2.05, 4.69) is 0 Å². The molecule has 0 unspecified atom stereocenters. The molecule has 1 aliphatic heterocycles. The normalized spacial score (nSPS) is 15.5. The summed E-state index contributed by atoms with van der Waals surface area (Å²) in [6, 6.07) is 12.2. The van der Waals surface area contributed by atoms with E-state index in [1.807, 2.05) is 0 Å². The number of sulfone groups is 1. The van der Waals surface area contributed by atoms with Crippen LogP contribution >= 0.6 is 0 Å². The number of nitro benzene ring substituents is 1. The summed E-state index contributed by atoms with van der Waals surface area (Å²) in [5.41, 5.74) is 1.02. The van der Waals surface area contributed by atoms with Gasteiger partial charge in [-0.3, -0.25) is 10.1 Å². The van der Waals surface area contributed by atoms with Gasteiger partial charge in [0.05, 0.1) is 14.7 Å². The molecule has 0 saturated heterocycles. The Morgan fingerprint density at radius 2 is 1.60 bits per heavy atom. The van der Waals surface area contributed by atoms with Crippen molar-refractivity contribution in [2.45, 2.75) is 4.90 Å². The monoisotopic (exact) mass is 287 g/mol. The van der Waals surface area contributed by atoms with Crippen molar-refractivity contribution in [3.05, 3.63) is 69.8 Å². The fourth-order valence-electron chi connectivity index (χ4n) is 2.17. The van der Waals surface area contributed by atoms with Crippen molar-refractivity contribution in [2.24, 2.45) is 0 Å². The minimum Gasteiger partial charge on any atom is -0.258 e. The summed E-state index contributed by atoms with van der Waals surface area (Å²) >= 11 is 0. The average Bonchev–Trinajstić information content (AvgIpc) is 2.71. The molecule has 0 atom stereocenters. The maximum atomic E-state index is 12.4. The zero-order chi connectivity index (χ0) is 14.3. The Hall–Kier alpha value is -2.47. The number of benzene rings is 2. The molecule has 1 aliphatic rings. The van der Waals surface area contributed by atoms with Crippen LogP contribution in [0.4, 0.5) is 5.69 Å². The lowest BCUT2D eigenvalue weighted by atomic mass is 10.1. The van der Waals surface area contributed by atoms with Crippen LogP contribution in [-0.4, -0.2) is 13.3 Å². The number of fused-ring (bicyclic) bond motifs is 1. The fourth-order valence-corrected chi connectivity index (χ4v) is 3.83. The molecule has 0 spiro atoms. The Balaban J connectivity index is 2.11. The van der Waals surface area contributed by atoms with E-state index in [-0.39, 0.29) is 15.5 Å². The largest absolute Gasteiger partial charge is 0.269 e. The van der Waals surface area contributed by atoms with Crippen LogP contribution in [0.2, 0.25) is 0 Å². The number of nitrogens with zero attached hydrogens (tertiary/aromatic N) is 1. The Morgan fingerprint density at radius 1 is 0.950 bits per heavy atom. The molecule has 5 nitrogen and oxygen atoms in total. The molecular formula is C14H9NO4S. The van der Waals surface area contributed by atoms with Crippen molar-refractivity contribution in [1.82, 2.24) is 0 Å². The molecule has 2 aromatic carbocycles. The van der Waals surface area contributed by atoms with Crippen LogP contribution in [0.15, 0.2) is 53.4 Å². The standard InChI is InChI=1S/C14H9NO4S/c16-15(17)12-7-5-10(6-8-12)14-9-11-3-1-2-4-13(11)20(14,18)19/h1-9H. The quantitative estimate of drug-likeness (QED) is 0.628. The first-order chi connectivity index (χ1) is 9.50. The van der Waals surface area contributed by atoms with Crippen LogP contribution < -0.4 is 0 Å². The van der Waals surface area contributed by atoms with E-state index in [1.165, 1.54) is 24.3 Å². The van der Waals surface area contributed by atoms with E-state index in [0.29, 0.717) is 11.1 Å². The summed E-state index contributed by atoms with van der Waals surface area (Å²) < 4.78 is 24.8. The van der Waals surface area contributed by atoms with Gasteiger partial charge in [-0.2, -0.15) is 0 Å². The van der Waals surface area contributed by atoms with Crippen LogP contribution in [0.3, 0.4) is 0 Å². The van der Waals surface area contributed by atoms with E-state index in [4.69, 9.17) is 0 Å². The summed E-state index contributed by atoms with van der Waals surface area (Å²) in [7, 11) is -3.54. The zero-order valence-corrected chi connectivity index (χ0v) is 11.0. The van der Waals surface area contributed by atoms with Gasteiger partial charge in [-0.15, -0.1) is 0 Å². The highest BCUT2D eigenvalue weighted by atomic mass is 32.2. The van der Waals surface area contributed by atoms with Crippen molar-refractivity contribution in [1.29, 1.82) is 0 Å². The van der Waals surface area contributed by atoms with E-state index >= 15 is 0 Å². The molecule has 0 aromatic heterocycles. The molecular weight excluding hydrogens is 278 g/mol. The SMILES string of the molecule is O=[N+]([O-])c1ccc(C2=Cc3ccccc3S2(=O)=O)cc1. The topological polar surface area (TPSA) is 77.3 Å². The van der Waals surface area contributed by atoms with Gasteiger partial charge in [0.1, 0.15) is 0 Å². The smallest absolute Gasteiger partial charge is 0.258 e. The first-order valence-electron chi connectivity index (χ1n) is 5.81. The molecule has 100 valence electrons. The Bertz CT molecular complexity index is 836. The van der Waals surface area contributed by atoms with Gasteiger partial charge in [-0.05, 0) is 35.4 Å². The third-order valence-electron chi connectivity index (χ3n) is 3.15. The van der Waals surface area contributed by atoms with Gasteiger partial charge >= 0.3 is 0 Å². The molecule has 1 heterocycles. The van der Waals surface area contributed by atoms with Crippen LogP contribution in [-0.2, 0) is 9.84 Å². The minimum absolute atomic E-state index is 0.0674. The molecule has 0 aliphatic carbocycles. The second-order valence-electron chi connectivity index (χ2n) is 4.35. The predicted octanol–water partition coefficient (Wildman–Crippen LogP) is 2.88. The van der Waals surface area contributed by atoms with E-state index < -0.39 is 14.8 Å². The Labute approximate surface area is 115 Å². The van der Waals surface area contributed by atoms with Gasteiger partial charge in [-0.1, -0.05) is 18.2 Å². The summed E-state index contributed by atoms with van der Waals surface area (Å²) in [4.78, 5) is 10.5. The van der Waals surface area contributed by atoms with Gasteiger partial charge < -0.3 is 0 Å². The summed E-state index contributed by atoms with van der Waals surface area (Å²) in [6.45, 7) is 0. The lowest BCUT2D eigenvalue weighted by Crippen LogP contribution is -2.00. The van der Waals surface area contributed by atoms with Crippen LogP contribution in [0.25, 0.3) is 11.0 Å². The van der Waals surface area contributed by atoms with E-state index in [9.17, 15) is 18.5 Å². The van der Waals surface area contributed by atoms with Crippen LogP contribution in [0.5, 0.6) is 0 Å². The predicted molar refractivity (Wildman–Crippen MR) is 74.6 cm³/mol. The molecule has 6 heteroatoms. The van der Waals surface area contributed by atoms with Crippen LogP contribution in [0.1, 0.15) is 11.1 Å². The van der Waals surface area contributed by atoms with Crippen molar-refractivity contribution in [3.8, 4) is 0 Å². The lowest BCUT2D eigenvalue weighted by Gasteiger charge is -2.03. The van der Waals surface area contributed by atoms with E-state index in [0.717, 1.165) is 0 Å². The molecule has 2 aromatic rings. The second-order valence-corrected chi connectivity index (χ2v) is 6.24.